The molecule has 4 aromatic rings. The maximum atomic E-state index is 15.0. The highest BCUT2D eigenvalue weighted by atomic mass is 19.1. The number of pyridine rings is 1. The molecule has 3 aromatic heterocycles. The van der Waals surface area contributed by atoms with E-state index in [2.05, 4.69) is 15.2 Å². The maximum absolute atomic E-state index is 15.0. The number of nitriles is 1. The molecule has 162 valence electrons. The number of aliphatic hydroxyl groups excluding tert-OH is 1. The van der Waals surface area contributed by atoms with Gasteiger partial charge in [0.05, 0.1) is 35.1 Å². The molecule has 0 saturated heterocycles. The van der Waals surface area contributed by atoms with Crippen molar-refractivity contribution >= 4 is 10.8 Å². The molecule has 0 bridgehead atoms. The Balaban J connectivity index is 1.95. The summed E-state index contributed by atoms with van der Waals surface area (Å²) < 4.78 is 17.4. The summed E-state index contributed by atoms with van der Waals surface area (Å²) in [6, 6.07) is 6.77. The summed E-state index contributed by atoms with van der Waals surface area (Å²) in [6.07, 6.45) is 4.37. The van der Waals surface area contributed by atoms with Crippen molar-refractivity contribution in [1.82, 2.24) is 24.5 Å². The normalized spacial score (nSPS) is 11.7. The number of hydrogen-bond donors (Lipinski definition) is 1. The zero-order valence-electron chi connectivity index (χ0n) is 18.1. The van der Waals surface area contributed by atoms with Crippen molar-refractivity contribution in [3.05, 3.63) is 75.3 Å². The summed E-state index contributed by atoms with van der Waals surface area (Å²) in [5.41, 5.74) is 1.36. The zero-order chi connectivity index (χ0) is 23.2. The molecule has 8 nitrogen and oxygen atoms in total. The molecule has 3 heterocycles. The Hall–Kier alpha value is -3.90. The van der Waals surface area contributed by atoms with E-state index in [4.69, 9.17) is 0 Å². The van der Waals surface area contributed by atoms with E-state index in [0.29, 0.717) is 22.3 Å². The highest BCUT2D eigenvalue weighted by Gasteiger charge is 2.21. The van der Waals surface area contributed by atoms with Crippen molar-refractivity contribution in [1.29, 1.82) is 5.26 Å². The number of fused-ring (bicyclic) bond motifs is 1. The summed E-state index contributed by atoms with van der Waals surface area (Å²) >= 11 is 0. The number of rotatable bonds is 3. The average Bonchev–Trinajstić information content (AvgIpc) is 3.13. The Kier molecular flexibility index (Phi) is 5.11. The van der Waals surface area contributed by atoms with Crippen molar-refractivity contribution in [2.45, 2.75) is 39.7 Å². The molecule has 1 N–H and O–H groups in total. The van der Waals surface area contributed by atoms with Gasteiger partial charge in [-0.1, -0.05) is 20.8 Å². The van der Waals surface area contributed by atoms with Crippen LogP contribution in [0.2, 0.25) is 0 Å². The molecule has 0 aliphatic heterocycles. The number of halogens is 1. The first-order valence-corrected chi connectivity index (χ1v) is 9.93. The Morgan fingerprint density at radius 1 is 1.28 bits per heavy atom. The van der Waals surface area contributed by atoms with Crippen molar-refractivity contribution in [2.75, 3.05) is 0 Å². The van der Waals surface area contributed by atoms with Crippen LogP contribution in [0.25, 0.3) is 22.3 Å². The lowest BCUT2D eigenvalue weighted by Gasteiger charge is -2.20. The van der Waals surface area contributed by atoms with Crippen LogP contribution >= 0.6 is 0 Å². The largest absolute Gasteiger partial charge is 0.391 e. The van der Waals surface area contributed by atoms with Crippen molar-refractivity contribution in [3.8, 4) is 17.6 Å². The van der Waals surface area contributed by atoms with Crippen molar-refractivity contribution in [2.24, 2.45) is 0 Å². The molecule has 0 aliphatic rings. The lowest BCUT2D eigenvalue weighted by molar-refractivity contribution is 0.280. The number of hydrogen-bond acceptors (Lipinski definition) is 6. The number of benzene rings is 1. The van der Waals surface area contributed by atoms with Gasteiger partial charge in [0.1, 0.15) is 11.9 Å². The fourth-order valence-electron chi connectivity index (χ4n) is 3.53. The third-order valence-corrected chi connectivity index (χ3v) is 5.34. The minimum atomic E-state index is -0.686. The smallest absolute Gasteiger partial charge is 0.283 e. The van der Waals surface area contributed by atoms with Crippen LogP contribution in [-0.4, -0.2) is 29.7 Å². The average molecular weight is 432 g/mol. The molecule has 1 aromatic carbocycles. The van der Waals surface area contributed by atoms with Gasteiger partial charge in [-0.3, -0.25) is 4.79 Å². The summed E-state index contributed by atoms with van der Waals surface area (Å²) in [5.74, 6) is -0.584. The molecule has 0 unspecified atom stereocenters. The quantitative estimate of drug-likeness (QED) is 0.533. The molecular weight excluding hydrogens is 411 g/mol. The molecule has 0 aliphatic carbocycles. The van der Waals surface area contributed by atoms with Gasteiger partial charge < -0.3 is 5.11 Å². The first-order chi connectivity index (χ1) is 15.2. The van der Waals surface area contributed by atoms with Gasteiger partial charge >= 0.3 is 0 Å². The van der Waals surface area contributed by atoms with E-state index < -0.39 is 18.0 Å². The molecule has 9 heteroatoms. The van der Waals surface area contributed by atoms with E-state index in [1.165, 1.54) is 29.3 Å². The lowest BCUT2D eigenvalue weighted by Crippen LogP contribution is -2.25. The second kappa shape index (κ2) is 7.66. The number of aryl methyl sites for hydroxylation is 1. The molecule has 0 amide bonds. The van der Waals surface area contributed by atoms with Crippen LogP contribution in [0.1, 0.15) is 43.2 Å². The fourth-order valence-corrected chi connectivity index (χ4v) is 3.53. The second-order valence-corrected chi connectivity index (χ2v) is 8.51. The Morgan fingerprint density at radius 3 is 2.66 bits per heavy atom. The Morgan fingerprint density at radius 2 is 2.03 bits per heavy atom. The molecular formula is C23H21FN6O2. The van der Waals surface area contributed by atoms with Crippen LogP contribution in [0.4, 0.5) is 4.39 Å². The van der Waals surface area contributed by atoms with Gasteiger partial charge in [-0.15, -0.1) is 0 Å². The van der Waals surface area contributed by atoms with Gasteiger partial charge in [-0.05, 0) is 36.1 Å². The van der Waals surface area contributed by atoms with Gasteiger partial charge in [0.15, 0.2) is 5.82 Å². The van der Waals surface area contributed by atoms with E-state index in [1.54, 1.807) is 19.1 Å². The monoisotopic (exact) mass is 432 g/mol. The minimum Gasteiger partial charge on any atom is -0.391 e. The molecule has 4 rings (SSSR count). The Bertz CT molecular complexity index is 1460. The van der Waals surface area contributed by atoms with E-state index >= 15 is 0 Å². The van der Waals surface area contributed by atoms with Crippen LogP contribution in [0.5, 0.6) is 0 Å². The second-order valence-electron chi connectivity index (χ2n) is 8.51. The van der Waals surface area contributed by atoms with Gasteiger partial charge in [0.25, 0.3) is 5.56 Å². The summed E-state index contributed by atoms with van der Waals surface area (Å²) in [5, 5.41) is 28.1. The van der Waals surface area contributed by atoms with Crippen LogP contribution in [0.15, 0.2) is 41.6 Å². The minimum absolute atomic E-state index is 0.0582. The molecule has 0 radical (unpaired) electrons. The maximum Gasteiger partial charge on any atom is 0.283 e. The standard InChI is InChI=1S/C23H21FN6O2/c1-13-15(9-25)11-29(28-13)19-5-6-26-21(17(19)12-31)30-22(32)20-14(10-27-30)7-16(8-18(20)24)23(2,3)4/h5-8,10-11,31H,12H2,1-4H3. The highest BCUT2D eigenvalue weighted by molar-refractivity contribution is 5.82. The number of aromatic nitrogens is 5. The molecule has 0 atom stereocenters. The van der Waals surface area contributed by atoms with Crippen LogP contribution < -0.4 is 5.56 Å². The lowest BCUT2D eigenvalue weighted by atomic mass is 9.86. The van der Waals surface area contributed by atoms with E-state index in [-0.39, 0.29) is 22.2 Å². The SMILES string of the molecule is Cc1nn(-c2ccnc(-n3ncc4cc(C(C)(C)C)cc(F)c4c3=O)c2CO)cc1C#N. The topological polar surface area (TPSA) is 110 Å². The fraction of sp³-hybridized carbons (Fsp3) is 0.261. The van der Waals surface area contributed by atoms with E-state index in [9.17, 15) is 19.6 Å². The predicted molar refractivity (Wildman–Crippen MR) is 116 cm³/mol. The third-order valence-electron chi connectivity index (χ3n) is 5.34. The summed E-state index contributed by atoms with van der Waals surface area (Å²) in [7, 11) is 0. The van der Waals surface area contributed by atoms with Crippen LogP contribution in [-0.2, 0) is 12.0 Å². The summed E-state index contributed by atoms with van der Waals surface area (Å²) in [6.45, 7) is 7.09. The predicted octanol–water partition coefficient (Wildman–Crippen LogP) is 3.08. The first kappa shape index (κ1) is 21.3. The van der Waals surface area contributed by atoms with Crippen molar-refractivity contribution < 1.29 is 9.50 Å². The molecule has 0 spiro atoms. The van der Waals surface area contributed by atoms with Crippen molar-refractivity contribution in [3.63, 3.8) is 0 Å². The van der Waals surface area contributed by atoms with E-state index in [0.717, 1.165) is 10.2 Å². The van der Waals surface area contributed by atoms with Gasteiger partial charge in [0.2, 0.25) is 0 Å². The zero-order valence-corrected chi connectivity index (χ0v) is 18.1. The molecule has 32 heavy (non-hydrogen) atoms. The Labute approximate surface area is 183 Å². The first-order valence-electron chi connectivity index (χ1n) is 9.93. The van der Waals surface area contributed by atoms with Crippen LogP contribution in [0.3, 0.4) is 0 Å². The van der Waals surface area contributed by atoms with Gasteiger partial charge in [-0.2, -0.15) is 20.1 Å². The number of nitrogens with zero attached hydrogens (tertiary/aromatic N) is 6. The van der Waals surface area contributed by atoms with Crippen LogP contribution in [0, 0.1) is 24.1 Å². The molecule has 0 saturated carbocycles. The highest BCUT2D eigenvalue weighted by Crippen LogP contribution is 2.27. The van der Waals surface area contributed by atoms with E-state index in [1.807, 2.05) is 26.8 Å². The van der Waals surface area contributed by atoms with Gasteiger partial charge in [-0.25, -0.2) is 14.1 Å². The molecule has 0 fully saturated rings. The summed E-state index contributed by atoms with van der Waals surface area (Å²) in [4.78, 5) is 17.4. The third kappa shape index (κ3) is 3.44. The van der Waals surface area contributed by atoms with Gasteiger partial charge in [0, 0.05) is 23.3 Å². The number of aliphatic hydroxyl groups is 1.